The lowest BCUT2D eigenvalue weighted by atomic mass is 10.1. The lowest BCUT2D eigenvalue weighted by Gasteiger charge is -2.17. The first-order valence-corrected chi connectivity index (χ1v) is 12.3. The van der Waals surface area contributed by atoms with Gasteiger partial charge in [0, 0.05) is 36.7 Å². The monoisotopic (exact) mass is 481 g/mol. The number of nitriles is 1. The molecule has 0 aromatic rings. The van der Waals surface area contributed by atoms with Gasteiger partial charge >= 0.3 is 0 Å². The molecule has 0 aromatic heterocycles. The Morgan fingerprint density at radius 1 is 0.640 bits per heavy atom. The van der Waals surface area contributed by atoms with Gasteiger partial charge in [0.2, 0.25) is 0 Å². The van der Waals surface area contributed by atoms with Crippen LogP contribution in [0.4, 0.5) is 0 Å². The smallest absolute Gasteiger partial charge is 0.158 e. The number of hydrogen-bond acceptors (Lipinski definition) is 3. The largest absolute Gasteiger partial charge is 0.353 e. The minimum atomic E-state index is -0.193. The standard InChI is InChI=1S/C20H37Br2NO2/c21-15-9-5-1-3-7-11-18-24-20(14-13-17-23)25-19-12-8-4-2-6-10-16-22/h20H,1-16,18-19H2. The van der Waals surface area contributed by atoms with Crippen molar-refractivity contribution in [2.24, 2.45) is 0 Å². The number of rotatable bonds is 20. The van der Waals surface area contributed by atoms with Crippen LogP contribution in [-0.4, -0.2) is 30.2 Å². The molecule has 0 aliphatic rings. The predicted molar refractivity (Wildman–Crippen MR) is 114 cm³/mol. The topological polar surface area (TPSA) is 42.2 Å². The lowest BCUT2D eigenvalue weighted by Crippen LogP contribution is -2.18. The van der Waals surface area contributed by atoms with Gasteiger partial charge in [-0.3, -0.25) is 0 Å². The molecular formula is C20H37Br2NO2. The Hall–Kier alpha value is 0.370. The van der Waals surface area contributed by atoms with Gasteiger partial charge in [0.25, 0.3) is 0 Å². The van der Waals surface area contributed by atoms with E-state index in [0.717, 1.165) is 36.7 Å². The second-order valence-electron chi connectivity index (χ2n) is 6.49. The summed E-state index contributed by atoms with van der Waals surface area (Å²) >= 11 is 6.93. The molecule has 5 heteroatoms. The van der Waals surface area contributed by atoms with Gasteiger partial charge in [-0.05, 0) is 25.7 Å². The Bertz CT molecular complexity index is 278. The van der Waals surface area contributed by atoms with E-state index in [0.29, 0.717) is 12.8 Å². The summed E-state index contributed by atoms with van der Waals surface area (Å²) in [4.78, 5) is 0. The molecule has 3 nitrogen and oxygen atoms in total. The number of hydrogen-bond donors (Lipinski definition) is 0. The fourth-order valence-corrected chi connectivity index (χ4v) is 3.43. The van der Waals surface area contributed by atoms with Crippen LogP contribution in [0.2, 0.25) is 0 Å². The van der Waals surface area contributed by atoms with Crippen molar-refractivity contribution < 1.29 is 9.47 Å². The highest BCUT2D eigenvalue weighted by atomic mass is 79.9. The first-order chi connectivity index (χ1) is 12.3. The molecule has 0 N–H and O–H groups in total. The van der Waals surface area contributed by atoms with Crippen molar-refractivity contribution in [3.05, 3.63) is 0 Å². The van der Waals surface area contributed by atoms with Gasteiger partial charge in [-0.1, -0.05) is 83.2 Å². The molecular weight excluding hydrogens is 446 g/mol. The zero-order valence-electron chi connectivity index (χ0n) is 15.8. The molecule has 0 unspecified atom stereocenters. The highest BCUT2D eigenvalue weighted by molar-refractivity contribution is 9.09. The number of alkyl halides is 2. The summed E-state index contributed by atoms with van der Waals surface area (Å²) in [7, 11) is 0. The average Bonchev–Trinajstić information content (AvgIpc) is 2.63. The van der Waals surface area contributed by atoms with E-state index in [1.54, 1.807) is 0 Å². The van der Waals surface area contributed by atoms with E-state index in [2.05, 4.69) is 37.9 Å². The summed E-state index contributed by atoms with van der Waals surface area (Å²) < 4.78 is 11.7. The zero-order chi connectivity index (χ0) is 18.4. The summed E-state index contributed by atoms with van der Waals surface area (Å²) in [5.74, 6) is 0. The second-order valence-corrected chi connectivity index (χ2v) is 8.07. The highest BCUT2D eigenvalue weighted by Gasteiger charge is 2.09. The van der Waals surface area contributed by atoms with Gasteiger partial charge in [-0.2, -0.15) is 5.26 Å². The first-order valence-electron chi connectivity index (χ1n) is 10.1. The van der Waals surface area contributed by atoms with Crippen LogP contribution in [0.1, 0.15) is 89.9 Å². The molecule has 25 heavy (non-hydrogen) atoms. The van der Waals surface area contributed by atoms with Gasteiger partial charge in [0.05, 0.1) is 6.07 Å². The van der Waals surface area contributed by atoms with Gasteiger partial charge in [0.1, 0.15) is 0 Å². The third kappa shape index (κ3) is 20.5. The van der Waals surface area contributed by atoms with Crippen LogP contribution >= 0.6 is 31.9 Å². The summed E-state index contributed by atoms with van der Waals surface area (Å²) in [6.45, 7) is 1.50. The molecule has 148 valence electrons. The fraction of sp³-hybridized carbons (Fsp3) is 0.950. The Morgan fingerprint density at radius 3 is 1.44 bits per heavy atom. The molecule has 0 aliphatic carbocycles. The maximum absolute atomic E-state index is 8.77. The third-order valence-corrected chi connectivity index (χ3v) is 5.28. The van der Waals surface area contributed by atoms with Crippen molar-refractivity contribution in [1.29, 1.82) is 5.26 Å². The summed E-state index contributed by atoms with van der Waals surface area (Å²) in [5.41, 5.74) is 0. The van der Waals surface area contributed by atoms with E-state index in [1.165, 1.54) is 64.2 Å². The van der Waals surface area contributed by atoms with Crippen molar-refractivity contribution in [2.45, 2.75) is 96.2 Å². The molecule has 0 saturated heterocycles. The normalized spacial score (nSPS) is 11.1. The molecule has 0 aliphatic heterocycles. The van der Waals surface area contributed by atoms with Crippen molar-refractivity contribution in [3.63, 3.8) is 0 Å². The molecule has 0 atom stereocenters. The fourth-order valence-electron chi connectivity index (χ4n) is 2.63. The molecule has 0 radical (unpaired) electrons. The van der Waals surface area contributed by atoms with Crippen LogP contribution in [0, 0.1) is 11.3 Å². The Balaban J connectivity index is 3.56. The quantitative estimate of drug-likeness (QED) is 0.105. The van der Waals surface area contributed by atoms with Crippen LogP contribution in [-0.2, 0) is 9.47 Å². The van der Waals surface area contributed by atoms with E-state index in [1.807, 2.05) is 0 Å². The van der Waals surface area contributed by atoms with Gasteiger partial charge in [-0.25, -0.2) is 0 Å². The molecule has 0 bridgehead atoms. The highest BCUT2D eigenvalue weighted by Crippen LogP contribution is 2.11. The number of ether oxygens (including phenoxy) is 2. The maximum Gasteiger partial charge on any atom is 0.158 e. The first kappa shape index (κ1) is 25.4. The molecule has 0 fully saturated rings. The SMILES string of the molecule is N#CCCC(OCCCCCCCCBr)OCCCCCCCCBr. The summed E-state index contributed by atoms with van der Waals surface area (Å²) in [6, 6.07) is 2.19. The van der Waals surface area contributed by atoms with Crippen LogP contribution in [0.3, 0.4) is 0 Å². The Labute approximate surface area is 172 Å². The number of nitrogens with zero attached hydrogens (tertiary/aromatic N) is 1. The van der Waals surface area contributed by atoms with Crippen molar-refractivity contribution >= 4 is 31.9 Å². The minimum Gasteiger partial charge on any atom is -0.353 e. The van der Waals surface area contributed by atoms with Crippen LogP contribution in [0.15, 0.2) is 0 Å². The number of unbranched alkanes of at least 4 members (excludes halogenated alkanes) is 10. The molecule has 0 heterocycles. The predicted octanol–water partition coefficient (Wildman–Crippen LogP) is 7.12. The summed E-state index contributed by atoms with van der Waals surface area (Å²) in [6.07, 6.45) is 16.0. The Kier molecular flexibility index (Phi) is 22.7. The minimum absolute atomic E-state index is 0.193. The molecule has 0 saturated carbocycles. The summed E-state index contributed by atoms with van der Waals surface area (Å²) in [5, 5.41) is 11.0. The van der Waals surface area contributed by atoms with E-state index >= 15 is 0 Å². The number of halogens is 2. The van der Waals surface area contributed by atoms with Crippen molar-refractivity contribution in [3.8, 4) is 6.07 Å². The van der Waals surface area contributed by atoms with Gasteiger partial charge < -0.3 is 9.47 Å². The van der Waals surface area contributed by atoms with Crippen LogP contribution in [0.25, 0.3) is 0 Å². The molecule has 0 aromatic carbocycles. The van der Waals surface area contributed by atoms with E-state index in [-0.39, 0.29) is 6.29 Å². The van der Waals surface area contributed by atoms with Crippen LogP contribution in [0.5, 0.6) is 0 Å². The molecule has 0 rings (SSSR count). The van der Waals surface area contributed by atoms with Crippen molar-refractivity contribution in [2.75, 3.05) is 23.9 Å². The Morgan fingerprint density at radius 2 is 1.04 bits per heavy atom. The molecule has 0 spiro atoms. The zero-order valence-corrected chi connectivity index (χ0v) is 19.0. The average molecular weight is 483 g/mol. The molecule has 0 amide bonds. The second kappa shape index (κ2) is 22.4. The maximum atomic E-state index is 8.77. The lowest BCUT2D eigenvalue weighted by molar-refractivity contribution is -0.146. The van der Waals surface area contributed by atoms with Crippen molar-refractivity contribution in [1.82, 2.24) is 0 Å². The van der Waals surface area contributed by atoms with Gasteiger partial charge in [0.15, 0.2) is 6.29 Å². The third-order valence-electron chi connectivity index (χ3n) is 4.16. The van der Waals surface area contributed by atoms with Gasteiger partial charge in [-0.15, -0.1) is 0 Å². The van der Waals surface area contributed by atoms with E-state index < -0.39 is 0 Å². The van der Waals surface area contributed by atoms with E-state index in [4.69, 9.17) is 14.7 Å². The van der Waals surface area contributed by atoms with Crippen LogP contribution < -0.4 is 0 Å². The van der Waals surface area contributed by atoms with E-state index in [9.17, 15) is 0 Å².